The van der Waals surface area contributed by atoms with Crippen molar-refractivity contribution in [3.05, 3.63) is 72.1 Å². The van der Waals surface area contributed by atoms with Gasteiger partial charge in [0.25, 0.3) is 11.7 Å². The quantitative estimate of drug-likeness (QED) is 0.446. The van der Waals surface area contributed by atoms with Crippen LogP contribution in [0.15, 0.2) is 65.7 Å². The van der Waals surface area contributed by atoms with Gasteiger partial charge in [0.05, 0.1) is 12.7 Å². The maximum atomic E-state index is 12.3. The minimum atomic E-state index is -2.51. The van der Waals surface area contributed by atoms with Crippen LogP contribution in [0.5, 0.6) is 0 Å². The van der Waals surface area contributed by atoms with Crippen molar-refractivity contribution in [2.24, 2.45) is 0 Å². The molecule has 0 saturated carbocycles. The van der Waals surface area contributed by atoms with Gasteiger partial charge in [-0.05, 0) is 29.8 Å². The van der Waals surface area contributed by atoms with E-state index in [4.69, 9.17) is 4.74 Å². The molecule has 0 saturated heterocycles. The van der Waals surface area contributed by atoms with Crippen molar-refractivity contribution in [3.63, 3.8) is 0 Å². The number of amides is 1. The smallest absolute Gasteiger partial charge is 0.361 e. The molecular formula is C19H16F2N4O3S. The average Bonchev–Trinajstić information content (AvgIpc) is 3.16. The highest BCUT2D eigenvalue weighted by atomic mass is 32.2. The second-order valence-corrected chi connectivity index (χ2v) is 6.88. The first-order chi connectivity index (χ1) is 14.0. The van der Waals surface area contributed by atoms with Crippen LogP contribution >= 0.6 is 11.8 Å². The van der Waals surface area contributed by atoms with E-state index >= 15 is 0 Å². The van der Waals surface area contributed by atoms with Crippen LogP contribution in [0.2, 0.25) is 0 Å². The molecule has 0 spiro atoms. The average molecular weight is 418 g/mol. The normalized spacial score (nSPS) is 10.7. The lowest BCUT2D eigenvalue weighted by atomic mass is 10.2. The molecule has 0 aliphatic heterocycles. The van der Waals surface area contributed by atoms with Gasteiger partial charge in [-0.2, -0.15) is 8.78 Å². The third kappa shape index (κ3) is 6.39. The summed E-state index contributed by atoms with van der Waals surface area (Å²) in [5, 5.41) is 10.1. The Labute approximate surface area is 169 Å². The van der Waals surface area contributed by atoms with Crippen LogP contribution in [0.1, 0.15) is 16.1 Å². The first-order valence-corrected chi connectivity index (χ1v) is 9.33. The van der Waals surface area contributed by atoms with Crippen LogP contribution in [-0.2, 0) is 16.1 Å². The van der Waals surface area contributed by atoms with Gasteiger partial charge in [0, 0.05) is 10.6 Å². The third-order valence-electron chi connectivity index (χ3n) is 3.63. The summed E-state index contributed by atoms with van der Waals surface area (Å²) in [5.74, 6) is -3.85. The summed E-state index contributed by atoms with van der Waals surface area (Å²) in [6.45, 7) is -0.0701. The topological polar surface area (TPSA) is 86.1 Å². The molecule has 0 radical (unpaired) electrons. The lowest BCUT2D eigenvalue weighted by Gasteiger charge is -2.06. The number of rotatable bonds is 8. The molecule has 3 rings (SSSR count). The maximum absolute atomic E-state index is 12.3. The van der Waals surface area contributed by atoms with E-state index in [2.05, 4.69) is 15.6 Å². The number of hydrogen-bond acceptors (Lipinski definition) is 6. The lowest BCUT2D eigenvalue weighted by Crippen LogP contribution is -2.21. The van der Waals surface area contributed by atoms with Crippen molar-refractivity contribution in [1.29, 1.82) is 0 Å². The Hall–Kier alpha value is -3.27. The predicted molar refractivity (Wildman–Crippen MR) is 103 cm³/mol. The van der Waals surface area contributed by atoms with Crippen molar-refractivity contribution < 1.29 is 23.1 Å². The molecule has 0 aliphatic carbocycles. The Balaban J connectivity index is 1.47. The second-order valence-electron chi connectivity index (χ2n) is 5.81. The minimum Gasteiger partial charge on any atom is -0.451 e. The van der Waals surface area contributed by atoms with Crippen molar-refractivity contribution in [1.82, 2.24) is 15.0 Å². The number of carbonyl (C=O) groups is 2. The number of thioether (sulfide) groups is 1. The van der Waals surface area contributed by atoms with Crippen molar-refractivity contribution in [2.75, 3.05) is 11.9 Å². The van der Waals surface area contributed by atoms with Gasteiger partial charge in [0.2, 0.25) is 0 Å². The van der Waals surface area contributed by atoms with E-state index in [0.29, 0.717) is 28.9 Å². The molecule has 0 atom stereocenters. The van der Waals surface area contributed by atoms with Gasteiger partial charge in [-0.1, -0.05) is 47.3 Å². The van der Waals surface area contributed by atoms with Gasteiger partial charge in [0.1, 0.15) is 0 Å². The number of hydrogen-bond donors (Lipinski definition) is 1. The fraction of sp³-hybridized carbons (Fsp3) is 0.158. The summed E-state index contributed by atoms with van der Waals surface area (Å²) < 4.78 is 31.0. The monoisotopic (exact) mass is 418 g/mol. The molecule has 1 heterocycles. The van der Waals surface area contributed by atoms with E-state index in [1.165, 1.54) is 35.1 Å². The molecule has 0 bridgehead atoms. The molecule has 1 amide bonds. The molecule has 29 heavy (non-hydrogen) atoms. The summed E-state index contributed by atoms with van der Waals surface area (Å²) >= 11 is 0.410. The van der Waals surface area contributed by atoms with Gasteiger partial charge in [-0.25, -0.2) is 9.48 Å². The Kier molecular flexibility index (Phi) is 6.90. The van der Waals surface area contributed by atoms with E-state index in [0.717, 1.165) is 5.56 Å². The fourth-order valence-electron chi connectivity index (χ4n) is 2.36. The highest BCUT2D eigenvalue weighted by Crippen LogP contribution is 2.26. The summed E-state index contributed by atoms with van der Waals surface area (Å²) in [5.41, 5.74) is 1.38. The van der Waals surface area contributed by atoms with Crippen LogP contribution < -0.4 is 5.32 Å². The highest BCUT2D eigenvalue weighted by molar-refractivity contribution is 7.99. The number of aromatic nitrogens is 3. The van der Waals surface area contributed by atoms with Crippen LogP contribution in [-0.4, -0.2) is 39.2 Å². The molecule has 10 heteroatoms. The van der Waals surface area contributed by atoms with Gasteiger partial charge in [-0.15, -0.1) is 5.10 Å². The fourth-order valence-corrected chi connectivity index (χ4v) is 2.86. The van der Waals surface area contributed by atoms with Crippen molar-refractivity contribution in [2.45, 2.75) is 17.2 Å². The zero-order chi connectivity index (χ0) is 20.6. The molecule has 3 aromatic rings. The molecule has 0 aliphatic rings. The summed E-state index contributed by atoms with van der Waals surface area (Å²) in [7, 11) is 0. The molecule has 150 valence electrons. The van der Waals surface area contributed by atoms with E-state index in [1.807, 2.05) is 30.3 Å². The number of esters is 1. The lowest BCUT2D eigenvalue weighted by molar-refractivity contribution is -0.119. The number of anilines is 1. The van der Waals surface area contributed by atoms with Crippen LogP contribution in [0.25, 0.3) is 0 Å². The predicted octanol–water partition coefficient (Wildman–Crippen LogP) is 3.44. The molecule has 0 unspecified atom stereocenters. The van der Waals surface area contributed by atoms with Gasteiger partial charge in [-0.3, -0.25) is 4.79 Å². The molecular weight excluding hydrogens is 402 g/mol. The van der Waals surface area contributed by atoms with Crippen LogP contribution in [0, 0.1) is 0 Å². The first kappa shape index (κ1) is 20.5. The Morgan fingerprint density at radius 2 is 1.83 bits per heavy atom. The Morgan fingerprint density at radius 3 is 2.52 bits per heavy atom. The number of alkyl halides is 2. The number of ether oxygens (including phenoxy) is 1. The zero-order valence-electron chi connectivity index (χ0n) is 15.0. The first-order valence-electron chi connectivity index (χ1n) is 8.45. The number of nitrogens with zero attached hydrogens (tertiary/aromatic N) is 3. The number of benzene rings is 2. The number of halogens is 2. The van der Waals surface area contributed by atoms with Gasteiger partial charge in [0.15, 0.2) is 12.3 Å². The van der Waals surface area contributed by atoms with Crippen LogP contribution in [0.4, 0.5) is 14.5 Å². The highest BCUT2D eigenvalue weighted by Gasteiger charge is 2.15. The van der Waals surface area contributed by atoms with Crippen molar-refractivity contribution >= 4 is 29.3 Å². The third-order valence-corrected chi connectivity index (χ3v) is 4.36. The molecule has 2 aromatic carbocycles. The molecule has 0 fully saturated rings. The standard InChI is InChI=1S/C19H16F2N4O3S/c20-19(21)29-15-8-6-14(7-9-15)22-17(26)12-28-18(27)16-11-25(24-23-16)10-13-4-2-1-3-5-13/h1-9,11,19H,10,12H2,(H,22,26). The SMILES string of the molecule is O=C(COC(=O)c1cn(Cc2ccccc2)nn1)Nc1ccc(SC(F)F)cc1. The maximum Gasteiger partial charge on any atom is 0.361 e. The van der Waals surface area contributed by atoms with E-state index in [-0.39, 0.29) is 5.69 Å². The Bertz CT molecular complexity index is 965. The summed E-state index contributed by atoms with van der Waals surface area (Å²) in [6, 6.07) is 15.4. The Morgan fingerprint density at radius 1 is 1.10 bits per heavy atom. The molecule has 1 N–H and O–H groups in total. The number of carbonyl (C=O) groups excluding carboxylic acids is 2. The largest absolute Gasteiger partial charge is 0.451 e. The van der Waals surface area contributed by atoms with Crippen molar-refractivity contribution in [3.8, 4) is 0 Å². The van der Waals surface area contributed by atoms with Gasteiger partial charge >= 0.3 is 5.97 Å². The molecule has 1 aromatic heterocycles. The molecule has 7 nitrogen and oxygen atoms in total. The second kappa shape index (κ2) is 9.78. The summed E-state index contributed by atoms with van der Waals surface area (Å²) in [4.78, 5) is 24.3. The van der Waals surface area contributed by atoms with E-state index in [9.17, 15) is 18.4 Å². The van der Waals surface area contributed by atoms with E-state index < -0.39 is 24.2 Å². The minimum absolute atomic E-state index is 0.0119. The van der Waals surface area contributed by atoms with E-state index in [1.54, 1.807) is 0 Å². The zero-order valence-corrected chi connectivity index (χ0v) is 15.8. The summed E-state index contributed by atoms with van der Waals surface area (Å²) in [6.07, 6.45) is 1.44. The van der Waals surface area contributed by atoms with Gasteiger partial charge < -0.3 is 10.1 Å². The van der Waals surface area contributed by atoms with Crippen LogP contribution in [0.3, 0.4) is 0 Å². The number of nitrogens with one attached hydrogen (secondary N) is 1.